The van der Waals surface area contributed by atoms with Crippen LogP contribution in [0.3, 0.4) is 0 Å². The van der Waals surface area contributed by atoms with E-state index >= 15 is 0 Å². The molecule has 8 N–H and O–H groups in total. The Balaban J connectivity index is 0.00000208. The summed E-state index contributed by atoms with van der Waals surface area (Å²) in [5.41, 5.74) is 6.25. The summed E-state index contributed by atoms with van der Waals surface area (Å²) in [5, 5.41) is 20.1. The summed E-state index contributed by atoms with van der Waals surface area (Å²) in [6.07, 6.45) is -2.49. The van der Waals surface area contributed by atoms with Crippen molar-refractivity contribution in [2.75, 3.05) is 12.3 Å². The minimum Gasteiger partial charge on any atom is -0.412 e. The summed E-state index contributed by atoms with van der Waals surface area (Å²) < 4.78 is 21.8. The first-order valence-corrected chi connectivity index (χ1v) is 7.95. The number of nitrogens with zero attached hydrogens (tertiary/aromatic N) is 4. The maximum Gasteiger partial charge on any atom is 0.469 e. The van der Waals surface area contributed by atoms with Gasteiger partial charge in [-0.25, -0.2) is 19.5 Å². The third-order valence-electron chi connectivity index (χ3n) is 3.41. The van der Waals surface area contributed by atoms with Gasteiger partial charge < -0.3 is 35.9 Å². The molecule has 0 bridgehead atoms. The number of anilines is 1. The number of fused-ring (bicyclic) bond motifs is 1. The molecule has 1 radical (unpaired) electrons. The number of ether oxygens (including phenoxy) is 1. The Bertz CT molecular complexity index is 777. The molecule has 2 aromatic heterocycles. The van der Waals surface area contributed by atoms with Crippen molar-refractivity contribution in [3.63, 3.8) is 0 Å². The average Bonchev–Trinajstić information content (AvgIpc) is 3.01. The third kappa shape index (κ3) is 4.53. The van der Waals surface area contributed by atoms with Gasteiger partial charge in [-0.15, -0.1) is 0 Å². The number of hydrogen-bond donors (Lipinski definition) is 5. The Morgan fingerprint density at radius 2 is 2.00 bits per heavy atom. The number of imidazole rings is 1. The summed E-state index contributed by atoms with van der Waals surface area (Å²) in [6, 6.07) is 0. The molecule has 0 aromatic carbocycles. The number of hydrogen-bond acceptors (Lipinski definition) is 9. The fourth-order valence-electron chi connectivity index (χ4n) is 2.32. The molecular weight excluding hydrogens is 372 g/mol. The van der Waals surface area contributed by atoms with Crippen molar-refractivity contribution >= 4 is 54.4 Å². The minimum atomic E-state index is -4.72. The van der Waals surface area contributed by atoms with Gasteiger partial charge in [0.2, 0.25) is 0 Å². The van der Waals surface area contributed by atoms with E-state index in [4.69, 9.17) is 20.3 Å². The van der Waals surface area contributed by atoms with Gasteiger partial charge in [0.05, 0.1) is 12.9 Å². The van der Waals surface area contributed by atoms with Crippen molar-refractivity contribution in [3.8, 4) is 0 Å². The van der Waals surface area contributed by atoms with E-state index in [1.165, 1.54) is 17.2 Å². The molecule has 137 valence electrons. The fourth-order valence-corrected chi connectivity index (χ4v) is 2.66. The van der Waals surface area contributed by atoms with Crippen LogP contribution in [-0.4, -0.2) is 99.5 Å². The summed E-state index contributed by atoms with van der Waals surface area (Å²) in [4.78, 5) is 29.2. The predicted octanol–water partition coefficient (Wildman–Crippen LogP) is -2.82. The van der Waals surface area contributed by atoms with Crippen molar-refractivity contribution in [1.29, 1.82) is 0 Å². The van der Waals surface area contributed by atoms with Crippen LogP contribution < -0.4 is 5.73 Å². The molecule has 1 aliphatic heterocycles. The predicted molar refractivity (Wildman–Crippen MR) is 85.1 cm³/mol. The van der Waals surface area contributed by atoms with Crippen LogP contribution in [0, 0.1) is 0 Å². The second-order valence-electron chi connectivity index (χ2n) is 4.92. The topological polar surface area (TPSA) is 218 Å². The standard InChI is InChI=1S/C10H14N5O7P.Na.H2O.H2/c11-8-5-9(13-2-12-8)15(3-14-5)10-7(17)6(16)4(22-10)1-21-23(18,19)20;;;/h2-4,6-7,10,16-17H,1H2,(H2,11,12,13)(H2,18,19,20);;1H2;1H/t4-,6-,7-,10-;;;/m1.../s1. The number of aromatic nitrogens is 4. The molecule has 1 saturated heterocycles. The van der Waals surface area contributed by atoms with Crippen LogP contribution in [-0.2, 0) is 13.8 Å². The molecule has 15 heteroatoms. The van der Waals surface area contributed by atoms with Gasteiger partial charge in [-0.3, -0.25) is 9.09 Å². The maximum absolute atomic E-state index is 10.7. The van der Waals surface area contributed by atoms with Crippen molar-refractivity contribution < 1.29 is 40.7 Å². The number of nitrogens with two attached hydrogens (primary N) is 1. The molecule has 0 amide bonds. The van der Waals surface area contributed by atoms with Crippen LogP contribution in [0.25, 0.3) is 11.2 Å². The van der Waals surface area contributed by atoms with Gasteiger partial charge in [0.1, 0.15) is 30.2 Å². The minimum absolute atomic E-state index is 0. The fraction of sp³-hybridized carbons (Fsp3) is 0.500. The van der Waals surface area contributed by atoms with E-state index in [-0.39, 0.29) is 47.9 Å². The van der Waals surface area contributed by atoms with Crippen molar-refractivity contribution in [3.05, 3.63) is 12.7 Å². The van der Waals surface area contributed by atoms with Gasteiger partial charge in [0, 0.05) is 31.0 Å². The van der Waals surface area contributed by atoms with E-state index in [9.17, 15) is 14.8 Å². The molecule has 25 heavy (non-hydrogen) atoms. The van der Waals surface area contributed by atoms with Crippen LogP contribution in [0.4, 0.5) is 5.82 Å². The Morgan fingerprint density at radius 1 is 1.32 bits per heavy atom. The monoisotopic (exact) mass is 390 g/mol. The first-order valence-electron chi connectivity index (χ1n) is 6.42. The number of nitrogen functional groups attached to an aromatic ring is 1. The number of phosphoric acid groups is 1. The van der Waals surface area contributed by atoms with E-state index in [0.717, 1.165) is 0 Å². The molecule has 0 unspecified atom stereocenters. The Hall–Kier alpha value is -0.700. The third-order valence-corrected chi connectivity index (χ3v) is 3.89. The molecule has 0 spiro atoms. The van der Waals surface area contributed by atoms with Gasteiger partial charge in [0.25, 0.3) is 0 Å². The normalized spacial score (nSPS) is 26.2. The van der Waals surface area contributed by atoms with Gasteiger partial charge in [-0.05, 0) is 0 Å². The molecule has 0 aliphatic carbocycles. The van der Waals surface area contributed by atoms with Gasteiger partial charge in [-0.1, -0.05) is 0 Å². The number of rotatable bonds is 4. The van der Waals surface area contributed by atoms with Crippen molar-refractivity contribution in [1.82, 2.24) is 19.5 Å². The van der Waals surface area contributed by atoms with Crippen LogP contribution in [0.1, 0.15) is 7.65 Å². The summed E-state index contributed by atoms with van der Waals surface area (Å²) in [5.74, 6) is 0.142. The Kier molecular flexibility index (Phi) is 7.44. The largest absolute Gasteiger partial charge is 0.469 e. The summed E-state index contributed by atoms with van der Waals surface area (Å²) in [6.45, 7) is -0.594. The van der Waals surface area contributed by atoms with E-state index in [2.05, 4.69) is 19.5 Å². The van der Waals surface area contributed by atoms with E-state index in [1.54, 1.807) is 0 Å². The van der Waals surface area contributed by atoms with E-state index < -0.39 is 39.0 Å². The number of phosphoric ester groups is 1. The number of aliphatic hydroxyl groups is 2. The molecule has 4 atom stereocenters. The van der Waals surface area contributed by atoms with E-state index in [0.29, 0.717) is 5.52 Å². The molecule has 3 heterocycles. The molecule has 0 saturated carbocycles. The maximum atomic E-state index is 10.7. The summed E-state index contributed by atoms with van der Waals surface area (Å²) in [7, 11) is -4.72. The second kappa shape index (κ2) is 8.33. The second-order valence-corrected chi connectivity index (χ2v) is 6.15. The number of aliphatic hydroxyl groups excluding tert-OH is 2. The zero-order valence-electron chi connectivity index (χ0n) is 13.0. The molecule has 1 aliphatic rings. The van der Waals surface area contributed by atoms with Crippen molar-refractivity contribution in [2.45, 2.75) is 24.5 Å². The van der Waals surface area contributed by atoms with Gasteiger partial charge in [-0.2, -0.15) is 0 Å². The zero-order chi connectivity index (χ0) is 16.8. The van der Waals surface area contributed by atoms with Crippen LogP contribution >= 0.6 is 7.82 Å². The SMILES string of the molecule is Nc1ncnc2c1ncn2[C@@H]1O[C@H](COP(=O)(O)O)[C@@H](O)[C@H]1O.O.[HH].[Na]. The molecule has 2 aromatic rings. The van der Waals surface area contributed by atoms with Crippen LogP contribution in [0.2, 0.25) is 0 Å². The average molecular weight is 390 g/mol. The van der Waals surface area contributed by atoms with E-state index in [1.807, 2.05) is 0 Å². The van der Waals surface area contributed by atoms with Gasteiger partial charge in [0.15, 0.2) is 17.7 Å². The first kappa shape index (κ1) is 22.3. The molecule has 3 rings (SSSR count). The molecular formula is C10H18N5NaO8P. The Morgan fingerprint density at radius 3 is 2.64 bits per heavy atom. The van der Waals surface area contributed by atoms with Gasteiger partial charge >= 0.3 is 7.82 Å². The quantitative estimate of drug-likeness (QED) is 0.265. The van der Waals surface area contributed by atoms with Crippen LogP contribution in [0.5, 0.6) is 0 Å². The molecule has 1 fully saturated rings. The van der Waals surface area contributed by atoms with Crippen molar-refractivity contribution in [2.24, 2.45) is 0 Å². The molecule has 13 nitrogen and oxygen atoms in total. The summed E-state index contributed by atoms with van der Waals surface area (Å²) >= 11 is 0. The first-order chi connectivity index (χ1) is 10.8. The Labute approximate surface area is 164 Å². The van der Waals surface area contributed by atoms with Crippen LogP contribution in [0.15, 0.2) is 12.7 Å². The smallest absolute Gasteiger partial charge is 0.412 e. The zero-order valence-corrected chi connectivity index (χ0v) is 15.9.